The molecule has 0 radical (unpaired) electrons. The summed E-state index contributed by atoms with van der Waals surface area (Å²) in [6.07, 6.45) is 0. The van der Waals surface area contributed by atoms with Gasteiger partial charge in [0.05, 0.1) is 14.2 Å². The highest BCUT2D eigenvalue weighted by Crippen LogP contribution is 2.39. The third kappa shape index (κ3) is 2.53. The van der Waals surface area contributed by atoms with Gasteiger partial charge in [0.25, 0.3) is 0 Å². The number of benzene rings is 1. The number of amides is 2. The first-order chi connectivity index (χ1) is 9.60. The van der Waals surface area contributed by atoms with Crippen LogP contribution >= 0.6 is 11.3 Å². The molecule has 0 unspecified atom stereocenters. The molecule has 2 amide bonds. The fraction of sp³-hybridized carbons (Fsp3) is 0.231. The van der Waals surface area contributed by atoms with Gasteiger partial charge in [0.1, 0.15) is 0 Å². The second-order valence-electron chi connectivity index (χ2n) is 3.87. The molecule has 0 aliphatic rings. The first kappa shape index (κ1) is 14.1. The smallest absolute Gasteiger partial charge is 0.351 e. The molecule has 0 atom stereocenters. The van der Waals surface area contributed by atoms with E-state index in [1.54, 1.807) is 12.1 Å². The molecule has 0 bridgehead atoms. The van der Waals surface area contributed by atoms with Crippen molar-refractivity contribution in [2.24, 2.45) is 0 Å². The van der Waals surface area contributed by atoms with Gasteiger partial charge in [-0.2, -0.15) is 0 Å². The average Bonchev–Trinajstić information content (AvgIpc) is 2.83. The minimum atomic E-state index is -0.441. The summed E-state index contributed by atoms with van der Waals surface area (Å²) in [5, 5.41) is 5.90. The van der Waals surface area contributed by atoms with E-state index in [9.17, 15) is 9.59 Å². The average molecular weight is 294 g/mol. The largest absolute Gasteiger partial charge is 0.494 e. The van der Waals surface area contributed by atoms with Crippen LogP contribution in [-0.2, 0) is 4.74 Å². The Morgan fingerprint density at radius 1 is 1.25 bits per heavy atom. The van der Waals surface area contributed by atoms with E-state index in [2.05, 4.69) is 10.6 Å². The number of hydrogen-bond donors (Lipinski definition) is 2. The summed E-state index contributed by atoms with van der Waals surface area (Å²) in [5.74, 6) is 0.0151. The van der Waals surface area contributed by atoms with E-state index in [1.165, 1.54) is 32.6 Å². The standard InChI is InChI=1S/C13H14N2O4S/c1-14-13(17)15-7-4-5-9-8(6-7)10(18-2)11(20-9)12(16)19-3/h4-6H,1-3H3,(H2,14,15,17). The summed E-state index contributed by atoms with van der Waals surface area (Å²) in [7, 11) is 4.35. The van der Waals surface area contributed by atoms with Crippen LogP contribution < -0.4 is 15.4 Å². The number of esters is 1. The quantitative estimate of drug-likeness (QED) is 0.852. The van der Waals surface area contributed by atoms with Gasteiger partial charge in [-0.25, -0.2) is 9.59 Å². The summed E-state index contributed by atoms with van der Waals surface area (Å²) in [5.41, 5.74) is 0.615. The minimum absolute atomic E-state index is 0.313. The molecule has 0 saturated carbocycles. The third-order valence-corrected chi connectivity index (χ3v) is 3.83. The van der Waals surface area contributed by atoms with Crippen LogP contribution in [0.25, 0.3) is 10.1 Å². The molecule has 1 aromatic heterocycles. The highest BCUT2D eigenvalue weighted by atomic mass is 32.1. The zero-order valence-electron chi connectivity index (χ0n) is 11.3. The van der Waals surface area contributed by atoms with Crippen LogP contribution in [-0.4, -0.2) is 33.3 Å². The van der Waals surface area contributed by atoms with E-state index in [0.717, 1.165) is 10.1 Å². The van der Waals surface area contributed by atoms with Crippen LogP contribution in [0, 0.1) is 0 Å². The number of anilines is 1. The zero-order valence-corrected chi connectivity index (χ0v) is 12.1. The molecule has 0 fully saturated rings. The molecule has 1 aromatic carbocycles. The van der Waals surface area contributed by atoms with Crippen LogP contribution in [0.1, 0.15) is 9.67 Å². The van der Waals surface area contributed by atoms with E-state index >= 15 is 0 Å². The van der Waals surface area contributed by atoms with Gasteiger partial charge in [-0.05, 0) is 18.2 Å². The van der Waals surface area contributed by atoms with Gasteiger partial charge in [-0.3, -0.25) is 0 Å². The Balaban J connectivity index is 2.50. The van der Waals surface area contributed by atoms with Crippen molar-refractivity contribution in [2.45, 2.75) is 0 Å². The van der Waals surface area contributed by atoms with Gasteiger partial charge in [0.15, 0.2) is 10.6 Å². The van der Waals surface area contributed by atoms with Crippen LogP contribution in [0.3, 0.4) is 0 Å². The Labute approximate surface area is 119 Å². The Kier molecular flexibility index (Phi) is 4.09. The first-order valence-corrected chi connectivity index (χ1v) is 6.60. The lowest BCUT2D eigenvalue weighted by Gasteiger charge is -2.05. The SMILES string of the molecule is CNC(=O)Nc1ccc2sc(C(=O)OC)c(OC)c2c1. The van der Waals surface area contributed by atoms with E-state index in [-0.39, 0.29) is 6.03 Å². The van der Waals surface area contributed by atoms with Crippen LogP contribution in [0.4, 0.5) is 10.5 Å². The summed E-state index contributed by atoms with van der Waals surface area (Å²) < 4.78 is 10.9. The molecule has 6 nitrogen and oxygen atoms in total. The molecule has 20 heavy (non-hydrogen) atoms. The van der Waals surface area contributed by atoms with Crippen LogP contribution in [0.5, 0.6) is 5.75 Å². The van der Waals surface area contributed by atoms with Crippen molar-refractivity contribution in [2.75, 3.05) is 26.6 Å². The number of methoxy groups -OCH3 is 2. The van der Waals surface area contributed by atoms with Gasteiger partial charge in [0, 0.05) is 22.8 Å². The summed E-state index contributed by atoms with van der Waals surface area (Å²) in [6.45, 7) is 0. The van der Waals surface area contributed by atoms with E-state index in [0.29, 0.717) is 16.3 Å². The maximum absolute atomic E-state index is 11.7. The van der Waals surface area contributed by atoms with Crippen LogP contribution in [0.2, 0.25) is 0 Å². The van der Waals surface area contributed by atoms with Crippen molar-refractivity contribution in [1.29, 1.82) is 0 Å². The third-order valence-electron chi connectivity index (χ3n) is 2.70. The van der Waals surface area contributed by atoms with Crippen molar-refractivity contribution >= 4 is 39.1 Å². The number of ether oxygens (including phenoxy) is 2. The predicted molar refractivity (Wildman–Crippen MR) is 77.8 cm³/mol. The lowest BCUT2D eigenvalue weighted by molar-refractivity contribution is 0.0603. The van der Waals surface area contributed by atoms with Crippen LogP contribution in [0.15, 0.2) is 18.2 Å². The van der Waals surface area contributed by atoms with Gasteiger partial charge in [-0.1, -0.05) is 0 Å². The zero-order chi connectivity index (χ0) is 14.7. The van der Waals surface area contributed by atoms with Gasteiger partial charge in [0.2, 0.25) is 0 Å². The molecule has 2 aromatic rings. The van der Waals surface area contributed by atoms with E-state index in [1.807, 2.05) is 6.07 Å². The molecular weight excluding hydrogens is 280 g/mol. The number of urea groups is 1. The van der Waals surface area contributed by atoms with Crippen molar-refractivity contribution in [3.63, 3.8) is 0 Å². The van der Waals surface area contributed by atoms with Crippen molar-refractivity contribution in [1.82, 2.24) is 5.32 Å². The molecule has 7 heteroatoms. The molecule has 0 spiro atoms. The molecule has 0 aliphatic carbocycles. The van der Waals surface area contributed by atoms with Crippen molar-refractivity contribution in [3.05, 3.63) is 23.1 Å². The predicted octanol–water partition coefficient (Wildman–Crippen LogP) is 2.45. The lowest BCUT2D eigenvalue weighted by atomic mass is 10.2. The number of carbonyl (C=O) groups excluding carboxylic acids is 2. The normalized spacial score (nSPS) is 10.2. The number of carbonyl (C=O) groups is 2. The highest BCUT2D eigenvalue weighted by molar-refractivity contribution is 7.21. The van der Waals surface area contributed by atoms with Crippen molar-refractivity contribution < 1.29 is 19.1 Å². The van der Waals surface area contributed by atoms with E-state index in [4.69, 9.17) is 9.47 Å². The highest BCUT2D eigenvalue weighted by Gasteiger charge is 2.20. The Morgan fingerprint density at radius 2 is 2.00 bits per heavy atom. The molecule has 2 N–H and O–H groups in total. The number of hydrogen-bond acceptors (Lipinski definition) is 5. The van der Waals surface area contributed by atoms with E-state index < -0.39 is 5.97 Å². The summed E-state index contributed by atoms with van der Waals surface area (Å²) in [4.78, 5) is 23.4. The number of fused-ring (bicyclic) bond motifs is 1. The van der Waals surface area contributed by atoms with Gasteiger partial charge >= 0.3 is 12.0 Å². The molecule has 1 heterocycles. The molecular formula is C13H14N2O4S. The van der Waals surface area contributed by atoms with Crippen molar-refractivity contribution in [3.8, 4) is 5.75 Å². The Bertz CT molecular complexity index is 666. The molecule has 0 aliphatic heterocycles. The topological polar surface area (TPSA) is 76.7 Å². The maximum Gasteiger partial charge on any atom is 0.351 e. The summed E-state index contributed by atoms with van der Waals surface area (Å²) in [6, 6.07) is 5.02. The molecule has 0 saturated heterocycles. The fourth-order valence-corrected chi connectivity index (χ4v) is 2.85. The van der Waals surface area contributed by atoms with Gasteiger partial charge in [-0.15, -0.1) is 11.3 Å². The number of thiophene rings is 1. The molecule has 106 valence electrons. The fourth-order valence-electron chi connectivity index (χ4n) is 1.78. The maximum atomic E-state index is 11.7. The number of rotatable bonds is 3. The first-order valence-electron chi connectivity index (χ1n) is 5.78. The second kappa shape index (κ2) is 5.79. The number of nitrogens with one attached hydrogen (secondary N) is 2. The lowest BCUT2D eigenvalue weighted by Crippen LogP contribution is -2.24. The monoisotopic (exact) mass is 294 g/mol. The molecule has 2 rings (SSSR count). The Morgan fingerprint density at radius 3 is 2.60 bits per heavy atom. The second-order valence-corrected chi connectivity index (χ2v) is 4.92. The minimum Gasteiger partial charge on any atom is -0.494 e. The van der Waals surface area contributed by atoms with Gasteiger partial charge < -0.3 is 20.1 Å². The Hall–Kier alpha value is -2.28. The summed E-state index contributed by atoms with van der Waals surface area (Å²) >= 11 is 1.29.